The maximum absolute atomic E-state index is 11.0. The molecule has 1 amide bonds. The predicted molar refractivity (Wildman–Crippen MR) is 111 cm³/mol. The van der Waals surface area contributed by atoms with Gasteiger partial charge in [-0.3, -0.25) is 9.48 Å². The number of hydrogen-bond acceptors (Lipinski definition) is 5. The molecular weight excluding hydrogens is 368 g/mol. The largest absolute Gasteiger partial charge is 0.490 e. The number of fused-ring (bicyclic) bond motifs is 1. The summed E-state index contributed by atoms with van der Waals surface area (Å²) in [6.45, 7) is 1.94. The molecule has 1 aliphatic rings. The third-order valence-electron chi connectivity index (χ3n) is 4.74. The molecule has 0 spiro atoms. The number of carbonyl (C=O) groups excluding carboxylic acids is 1. The highest BCUT2D eigenvalue weighted by Crippen LogP contribution is 2.34. The van der Waals surface area contributed by atoms with Gasteiger partial charge in [-0.05, 0) is 35.9 Å². The van der Waals surface area contributed by atoms with Crippen molar-refractivity contribution in [1.82, 2.24) is 9.78 Å². The van der Waals surface area contributed by atoms with Gasteiger partial charge in [0.1, 0.15) is 0 Å². The van der Waals surface area contributed by atoms with Crippen LogP contribution in [0.4, 0.5) is 5.69 Å². The number of amides is 1. The Morgan fingerprint density at radius 1 is 1.14 bits per heavy atom. The molecule has 0 saturated carbocycles. The second-order valence-electron chi connectivity index (χ2n) is 7.08. The number of ether oxygens (including phenoxy) is 2. The zero-order valence-corrected chi connectivity index (χ0v) is 16.4. The van der Waals surface area contributed by atoms with Crippen LogP contribution in [0.1, 0.15) is 17.5 Å². The number of anilines is 1. The van der Waals surface area contributed by atoms with Crippen molar-refractivity contribution >= 4 is 11.6 Å². The Hall–Kier alpha value is -3.48. The molecule has 0 fully saturated rings. The molecule has 0 saturated heterocycles. The van der Waals surface area contributed by atoms with Crippen LogP contribution < -0.4 is 20.5 Å². The lowest BCUT2D eigenvalue weighted by atomic mass is 10.1. The summed E-state index contributed by atoms with van der Waals surface area (Å²) in [4.78, 5) is 11.0. The van der Waals surface area contributed by atoms with Crippen LogP contribution in [-0.4, -0.2) is 28.9 Å². The number of primary amides is 1. The SMILES string of the molecule is Cn1cc(CNc2ccc(CC(N)=O)cc2)c(-c2ccc3c(c2)OCCCO3)n1. The molecular formula is C22H24N4O3. The van der Waals surface area contributed by atoms with Crippen molar-refractivity contribution in [3.63, 3.8) is 0 Å². The molecule has 0 radical (unpaired) electrons. The Bertz CT molecular complexity index is 1010. The van der Waals surface area contributed by atoms with Crippen LogP contribution in [0.3, 0.4) is 0 Å². The summed E-state index contributed by atoms with van der Waals surface area (Å²) in [5.41, 5.74) is 10.1. The van der Waals surface area contributed by atoms with Crippen molar-refractivity contribution in [3.8, 4) is 22.8 Å². The molecule has 0 unspecified atom stereocenters. The zero-order valence-electron chi connectivity index (χ0n) is 16.4. The predicted octanol–water partition coefficient (Wildman–Crippen LogP) is 2.89. The first-order valence-corrected chi connectivity index (χ1v) is 9.62. The smallest absolute Gasteiger partial charge is 0.221 e. The van der Waals surface area contributed by atoms with E-state index in [2.05, 4.69) is 10.4 Å². The fourth-order valence-corrected chi connectivity index (χ4v) is 3.36. The van der Waals surface area contributed by atoms with E-state index in [1.165, 1.54) is 0 Å². The van der Waals surface area contributed by atoms with Crippen molar-refractivity contribution in [2.75, 3.05) is 18.5 Å². The Labute approximate surface area is 169 Å². The van der Waals surface area contributed by atoms with Gasteiger partial charge < -0.3 is 20.5 Å². The number of nitrogens with two attached hydrogens (primary N) is 1. The molecule has 0 aliphatic carbocycles. The second kappa shape index (κ2) is 8.26. The first-order valence-electron chi connectivity index (χ1n) is 9.62. The molecule has 7 nitrogen and oxygen atoms in total. The molecule has 3 aromatic rings. The monoisotopic (exact) mass is 392 g/mol. The number of hydrogen-bond donors (Lipinski definition) is 2. The van der Waals surface area contributed by atoms with Gasteiger partial charge in [0, 0.05) is 43.0 Å². The summed E-state index contributed by atoms with van der Waals surface area (Å²) in [7, 11) is 1.91. The topological polar surface area (TPSA) is 91.4 Å². The molecule has 0 bridgehead atoms. The molecule has 4 rings (SSSR count). The normalized spacial score (nSPS) is 13.0. The van der Waals surface area contributed by atoms with Crippen molar-refractivity contribution in [2.24, 2.45) is 12.8 Å². The number of carbonyl (C=O) groups is 1. The Balaban J connectivity index is 1.51. The summed E-state index contributed by atoms with van der Waals surface area (Å²) in [6.07, 6.45) is 3.13. The number of nitrogens with zero attached hydrogens (tertiary/aromatic N) is 2. The number of aryl methyl sites for hydroxylation is 1. The summed E-state index contributed by atoms with van der Waals surface area (Å²) in [5, 5.41) is 8.05. The lowest BCUT2D eigenvalue weighted by Gasteiger charge is -2.10. The minimum Gasteiger partial charge on any atom is -0.490 e. The van der Waals surface area contributed by atoms with Gasteiger partial charge >= 0.3 is 0 Å². The van der Waals surface area contributed by atoms with Crippen LogP contribution >= 0.6 is 0 Å². The van der Waals surface area contributed by atoms with E-state index < -0.39 is 0 Å². The van der Waals surface area contributed by atoms with E-state index in [1.807, 2.05) is 60.4 Å². The number of benzene rings is 2. The average molecular weight is 392 g/mol. The van der Waals surface area contributed by atoms with Gasteiger partial charge in [0.15, 0.2) is 11.5 Å². The van der Waals surface area contributed by atoms with Crippen molar-refractivity contribution in [3.05, 3.63) is 59.8 Å². The van der Waals surface area contributed by atoms with Gasteiger partial charge in [0.25, 0.3) is 0 Å². The first kappa shape index (κ1) is 18.9. The molecule has 2 heterocycles. The summed E-state index contributed by atoms with van der Waals surface area (Å²) < 4.78 is 13.3. The van der Waals surface area contributed by atoms with Crippen LogP contribution in [-0.2, 0) is 24.8 Å². The number of aromatic nitrogens is 2. The molecule has 0 atom stereocenters. The minimum absolute atomic E-state index is 0.247. The Morgan fingerprint density at radius 2 is 1.90 bits per heavy atom. The van der Waals surface area contributed by atoms with Gasteiger partial charge in [-0.15, -0.1) is 0 Å². The van der Waals surface area contributed by atoms with Crippen LogP contribution in [0.15, 0.2) is 48.7 Å². The minimum atomic E-state index is -0.333. The maximum Gasteiger partial charge on any atom is 0.221 e. The van der Waals surface area contributed by atoms with E-state index in [0.717, 1.165) is 46.0 Å². The zero-order chi connectivity index (χ0) is 20.2. The lowest BCUT2D eigenvalue weighted by Crippen LogP contribution is -2.13. The van der Waals surface area contributed by atoms with Gasteiger partial charge in [0.05, 0.1) is 25.3 Å². The average Bonchev–Trinajstić information content (AvgIpc) is 2.92. The summed E-state index contributed by atoms with van der Waals surface area (Å²) in [6, 6.07) is 13.6. The molecule has 29 heavy (non-hydrogen) atoms. The van der Waals surface area contributed by atoms with Gasteiger partial charge in [-0.25, -0.2) is 0 Å². The number of rotatable bonds is 6. The molecule has 1 aromatic heterocycles. The van der Waals surface area contributed by atoms with Gasteiger partial charge in [-0.1, -0.05) is 12.1 Å². The van der Waals surface area contributed by atoms with Crippen molar-refractivity contribution in [1.29, 1.82) is 0 Å². The molecule has 3 N–H and O–H groups in total. The fourth-order valence-electron chi connectivity index (χ4n) is 3.36. The third kappa shape index (κ3) is 4.51. The maximum atomic E-state index is 11.0. The molecule has 150 valence electrons. The molecule has 2 aromatic carbocycles. The highest BCUT2D eigenvalue weighted by Gasteiger charge is 2.15. The van der Waals surface area contributed by atoms with E-state index in [-0.39, 0.29) is 12.3 Å². The van der Waals surface area contributed by atoms with Gasteiger partial charge in [0.2, 0.25) is 5.91 Å². The lowest BCUT2D eigenvalue weighted by molar-refractivity contribution is -0.117. The Morgan fingerprint density at radius 3 is 2.66 bits per heavy atom. The molecule has 7 heteroatoms. The highest BCUT2D eigenvalue weighted by atomic mass is 16.5. The summed E-state index contributed by atoms with van der Waals surface area (Å²) >= 11 is 0. The van der Waals surface area contributed by atoms with E-state index >= 15 is 0 Å². The van der Waals surface area contributed by atoms with E-state index in [4.69, 9.17) is 15.2 Å². The quantitative estimate of drug-likeness (QED) is 0.673. The Kier molecular flexibility index (Phi) is 5.37. The highest BCUT2D eigenvalue weighted by molar-refractivity contribution is 5.76. The van der Waals surface area contributed by atoms with E-state index in [1.54, 1.807) is 0 Å². The van der Waals surface area contributed by atoms with E-state index in [0.29, 0.717) is 19.8 Å². The van der Waals surface area contributed by atoms with Crippen molar-refractivity contribution in [2.45, 2.75) is 19.4 Å². The van der Waals surface area contributed by atoms with Crippen LogP contribution in [0, 0.1) is 0 Å². The number of nitrogens with one attached hydrogen (secondary N) is 1. The van der Waals surface area contributed by atoms with Gasteiger partial charge in [-0.2, -0.15) is 5.10 Å². The fraction of sp³-hybridized carbons (Fsp3) is 0.273. The third-order valence-corrected chi connectivity index (χ3v) is 4.74. The first-order chi connectivity index (χ1) is 14.1. The summed E-state index contributed by atoms with van der Waals surface area (Å²) in [5.74, 6) is 1.20. The van der Waals surface area contributed by atoms with Crippen LogP contribution in [0.5, 0.6) is 11.5 Å². The standard InChI is InChI=1S/C22H24N4O3/c1-26-14-17(13-24-18-6-3-15(4-7-18)11-21(23)27)22(25-26)16-5-8-19-20(12-16)29-10-2-9-28-19/h3-8,12,14,24H,2,9-11,13H2,1H3,(H2,23,27). The van der Waals surface area contributed by atoms with Crippen LogP contribution in [0.25, 0.3) is 11.3 Å². The molecule has 1 aliphatic heterocycles. The van der Waals surface area contributed by atoms with Crippen molar-refractivity contribution < 1.29 is 14.3 Å². The van der Waals surface area contributed by atoms with Crippen LogP contribution in [0.2, 0.25) is 0 Å². The van der Waals surface area contributed by atoms with E-state index in [9.17, 15) is 4.79 Å². The second-order valence-corrected chi connectivity index (χ2v) is 7.08.